The van der Waals surface area contributed by atoms with Crippen molar-refractivity contribution in [1.29, 1.82) is 5.26 Å². The highest BCUT2D eigenvalue weighted by Gasteiger charge is 2.11. The fourth-order valence-corrected chi connectivity index (χ4v) is 3.48. The molecule has 0 spiro atoms. The maximum Gasteiger partial charge on any atom is 0.335 e. The third kappa shape index (κ3) is 5.08. The Balaban J connectivity index is 1.57. The number of imidazole rings is 1. The van der Waals surface area contributed by atoms with Crippen LogP contribution in [0.3, 0.4) is 0 Å². The maximum absolute atomic E-state index is 11.0. The number of aromatic carboxylic acids is 1. The van der Waals surface area contributed by atoms with Crippen molar-refractivity contribution in [1.82, 2.24) is 9.97 Å². The Kier molecular flexibility index (Phi) is 6.60. The molecule has 0 saturated heterocycles. The highest BCUT2D eigenvalue weighted by molar-refractivity contribution is 5.90. The van der Waals surface area contributed by atoms with Gasteiger partial charge in [-0.25, -0.2) is 9.78 Å². The van der Waals surface area contributed by atoms with Crippen LogP contribution in [0.15, 0.2) is 60.7 Å². The number of H-pyrrole nitrogens is 1. The number of allylic oxidation sites excluding steroid dienone is 1. The first kappa shape index (κ1) is 22.6. The number of nitrogens with one attached hydrogen (secondary N) is 1. The monoisotopic (exact) mass is 453 g/mol. The fraction of sp³-hybridized carbons (Fsp3) is 0.148. The second-order valence-electron chi connectivity index (χ2n) is 7.71. The number of aromatic amines is 1. The zero-order valence-corrected chi connectivity index (χ0v) is 18.8. The van der Waals surface area contributed by atoms with Crippen molar-refractivity contribution in [3.63, 3.8) is 0 Å². The molecule has 0 fully saturated rings. The summed E-state index contributed by atoms with van der Waals surface area (Å²) < 4.78 is 11.7. The zero-order valence-electron chi connectivity index (χ0n) is 18.8. The molecule has 0 aliphatic heterocycles. The summed E-state index contributed by atoms with van der Waals surface area (Å²) in [6, 6.07) is 20.1. The first-order chi connectivity index (χ1) is 16.5. The first-order valence-electron chi connectivity index (χ1n) is 10.8. The zero-order chi connectivity index (χ0) is 24.1. The van der Waals surface area contributed by atoms with Gasteiger partial charge in [-0.1, -0.05) is 24.3 Å². The Labute approximate surface area is 196 Å². The van der Waals surface area contributed by atoms with Crippen molar-refractivity contribution in [3.8, 4) is 17.6 Å². The van der Waals surface area contributed by atoms with Crippen LogP contribution in [0.2, 0.25) is 0 Å². The summed E-state index contributed by atoms with van der Waals surface area (Å²) in [5.41, 5.74) is 5.03. The smallest absolute Gasteiger partial charge is 0.335 e. The molecule has 1 aromatic heterocycles. The van der Waals surface area contributed by atoms with E-state index in [2.05, 4.69) is 16.0 Å². The van der Waals surface area contributed by atoms with E-state index in [9.17, 15) is 10.1 Å². The molecule has 7 heteroatoms. The summed E-state index contributed by atoms with van der Waals surface area (Å²) in [5, 5.41) is 18.8. The molecule has 34 heavy (non-hydrogen) atoms. The van der Waals surface area contributed by atoms with Gasteiger partial charge in [0.2, 0.25) is 0 Å². The molecule has 0 aliphatic rings. The topological polar surface area (TPSA) is 108 Å². The Bertz CT molecular complexity index is 1410. The van der Waals surface area contributed by atoms with Crippen LogP contribution in [0.1, 0.15) is 39.8 Å². The van der Waals surface area contributed by atoms with E-state index in [0.717, 1.165) is 27.7 Å². The number of fused-ring (bicyclic) bond motifs is 1. The summed E-state index contributed by atoms with van der Waals surface area (Å²) in [6.45, 7) is 4.60. The second-order valence-corrected chi connectivity index (χ2v) is 7.71. The summed E-state index contributed by atoms with van der Waals surface area (Å²) in [7, 11) is 0. The van der Waals surface area contributed by atoms with Crippen molar-refractivity contribution < 1.29 is 19.4 Å². The Morgan fingerprint density at radius 1 is 1.09 bits per heavy atom. The lowest BCUT2D eigenvalue weighted by atomic mass is 10.1. The number of nitrogens with zero attached hydrogens (tertiary/aromatic N) is 2. The van der Waals surface area contributed by atoms with Gasteiger partial charge >= 0.3 is 5.97 Å². The minimum atomic E-state index is -0.968. The number of hydrogen-bond acceptors (Lipinski definition) is 5. The number of aryl methyl sites for hydroxylation is 1. The third-order valence-corrected chi connectivity index (χ3v) is 5.19. The number of carboxylic acids is 1. The first-order valence-corrected chi connectivity index (χ1v) is 10.8. The highest BCUT2D eigenvalue weighted by atomic mass is 16.5. The van der Waals surface area contributed by atoms with Crippen LogP contribution in [0, 0.1) is 18.3 Å². The van der Waals surface area contributed by atoms with Gasteiger partial charge in [-0.3, -0.25) is 0 Å². The van der Waals surface area contributed by atoms with Crippen LogP contribution in [-0.4, -0.2) is 27.7 Å². The van der Waals surface area contributed by atoms with Crippen molar-refractivity contribution in [2.24, 2.45) is 0 Å². The van der Waals surface area contributed by atoms with Gasteiger partial charge in [-0.15, -0.1) is 0 Å². The molecule has 7 nitrogen and oxygen atoms in total. The molecule has 3 aromatic carbocycles. The van der Waals surface area contributed by atoms with Gasteiger partial charge in [0, 0.05) is 0 Å². The molecule has 0 aliphatic carbocycles. The van der Waals surface area contributed by atoms with Crippen LogP contribution in [0.25, 0.3) is 22.7 Å². The van der Waals surface area contributed by atoms with E-state index in [-0.39, 0.29) is 12.2 Å². The van der Waals surface area contributed by atoms with Gasteiger partial charge in [0.1, 0.15) is 18.5 Å². The molecular formula is C27H23N3O4. The largest absolute Gasteiger partial charge is 0.490 e. The van der Waals surface area contributed by atoms with E-state index < -0.39 is 5.97 Å². The predicted octanol–water partition coefficient (Wildman–Crippen LogP) is 5.61. The normalized spacial score (nSPS) is 11.3. The molecule has 0 bridgehead atoms. The fourth-order valence-electron chi connectivity index (χ4n) is 3.48. The maximum atomic E-state index is 11.0. The predicted molar refractivity (Wildman–Crippen MR) is 130 cm³/mol. The van der Waals surface area contributed by atoms with Crippen molar-refractivity contribution in [2.45, 2.75) is 20.5 Å². The lowest BCUT2D eigenvalue weighted by molar-refractivity contribution is 0.0697. The number of hydrogen-bond donors (Lipinski definition) is 2. The van der Waals surface area contributed by atoms with Crippen LogP contribution >= 0.6 is 0 Å². The Morgan fingerprint density at radius 3 is 2.59 bits per heavy atom. The Morgan fingerprint density at radius 2 is 1.88 bits per heavy atom. The van der Waals surface area contributed by atoms with Crippen LogP contribution in [-0.2, 0) is 6.61 Å². The quantitative estimate of drug-likeness (QED) is 0.336. The Hall–Kier alpha value is -4.57. The number of carbonyl (C=O) groups is 1. The standard InChI is InChI=1S/C27H23N3O4/c1-3-33-25-14-19(7-11-24(25)34-16-18-5-8-20(9-6-18)27(31)32)13-21(15-28)26-29-22-10-4-17(2)12-23(22)30-26/h4-14H,3,16H2,1-2H3,(H,29,30)(H,31,32). The van der Waals surface area contributed by atoms with Crippen molar-refractivity contribution >= 4 is 28.7 Å². The summed E-state index contributed by atoms with van der Waals surface area (Å²) in [5.74, 6) is 0.644. The van der Waals surface area contributed by atoms with Gasteiger partial charge in [-0.05, 0) is 73.0 Å². The number of carboxylic acid groups (broad SMARTS) is 1. The number of benzene rings is 3. The number of rotatable bonds is 8. The van der Waals surface area contributed by atoms with E-state index in [1.54, 1.807) is 36.4 Å². The van der Waals surface area contributed by atoms with E-state index in [1.807, 2.05) is 44.2 Å². The summed E-state index contributed by atoms with van der Waals surface area (Å²) in [4.78, 5) is 18.8. The molecule has 0 unspecified atom stereocenters. The summed E-state index contributed by atoms with van der Waals surface area (Å²) in [6.07, 6.45) is 1.75. The van der Waals surface area contributed by atoms with Gasteiger partial charge < -0.3 is 19.6 Å². The molecule has 170 valence electrons. The molecule has 2 N–H and O–H groups in total. The molecule has 0 saturated carbocycles. The van der Waals surface area contributed by atoms with Crippen LogP contribution in [0.4, 0.5) is 0 Å². The SMILES string of the molecule is CCOc1cc(C=C(C#N)c2nc3ccc(C)cc3[nH]2)ccc1OCc1ccc(C(=O)O)cc1. The van der Waals surface area contributed by atoms with Gasteiger partial charge in [0.25, 0.3) is 0 Å². The van der Waals surface area contributed by atoms with E-state index in [0.29, 0.717) is 29.5 Å². The van der Waals surface area contributed by atoms with E-state index >= 15 is 0 Å². The van der Waals surface area contributed by atoms with Crippen molar-refractivity contribution in [2.75, 3.05) is 6.61 Å². The highest BCUT2D eigenvalue weighted by Crippen LogP contribution is 2.31. The molecule has 1 heterocycles. The lowest BCUT2D eigenvalue weighted by Crippen LogP contribution is -2.01. The molecule has 0 atom stereocenters. The summed E-state index contributed by atoms with van der Waals surface area (Å²) >= 11 is 0. The van der Waals surface area contributed by atoms with Gasteiger partial charge in [-0.2, -0.15) is 5.26 Å². The van der Waals surface area contributed by atoms with Gasteiger partial charge in [0.05, 0.1) is 28.8 Å². The van der Waals surface area contributed by atoms with Crippen LogP contribution < -0.4 is 9.47 Å². The molecule has 4 rings (SSSR count). The third-order valence-electron chi connectivity index (χ3n) is 5.19. The number of nitriles is 1. The molecule has 0 amide bonds. The molecular weight excluding hydrogens is 430 g/mol. The second kappa shape index (κ2) is 9.92. The minimum absolute atomic E-state index is 0.225. The number of ether oxygens (including phenoxy) is 2. The number of aromatic nitrogens is 2. The van der Waals surface area contributed by atoms with Gasteiger partial charge in [0.15, 0.2) is 11.5 Å². The lowest BCUT2D eigenvalue weighted by Gasteiger charge is -2.13. The van der Waals surface area contributed by atoms with E-state index in [4.69, 9.17) is 14.6 Å². The average molecular weight is 453 g/mol. The molecule has 4 aromatic rings. The van der Waals surface area contributed by atoms with Crippen molar-refractivity contribution in [3.05, 3.63) is 88.7 Å². The van der Waals surface area contributed by atoms with Crippen LogP contribution in [0.5, 0.6) is 11.5 Å². The van der Waals surface area contributed by atoms with E-state index in [1.165, 1.54) is 0 Å². The average Bonchev–Trinajstić information content (AvgIpc) is 3.25. The molecule has 0 radical (unpaired) electrons. The minimum Gasteiger partial charge on any atom is -0.490 e.